The lowest BCUT2D eigenvalue weighted by Crippen LogP contribution is -2.33. The molecular weight excluding hydrogens is 444 g/mol. The summed E-state index contributed by atoms with van der Waals surface area (Å²) in [6.07, 6.45) is 3.26. The van der Waals surface area contributed by atoms with Crippen molar-refractivity contribution in [3.8, 4) is 22.8 Å². The molecule has 0 saturated carbocycles. The van der Waals surface area contributed by atoms with Crippen molar-refractivity contribution in [2.24, 2.45) is 0 Å². The van der Waals surface area contributed by atoms with Gasteiger partial charge in [-0.1, -0.05) is 24.6 Å². The number of amides is 1. The highest BCUT2D eigenvalue weighted by atomic mass is 35.5. The molecule has 3 aromatic rings. The van der Waals surface area contributed by atoms with Crippen molar-refractivity contribution in [3.63, 3.8) is 0 Å². The highest BCUT2D eigenvalue weighted by Crippen LogP contribution is 2.44. The Morgan fingerprint density at radius 3 is 2.88 bits per heavy atom. The van der Waals surface area contributed by atoms with Crippen LogP contribution in [0.15, 0.2) is 36.7 Å². The smallest absolute Gasteiger partial charge is 0.255 e. The molecule has 8 nitrogen and oxygen atoms in total. The number of carbonyl (C=O) groups is 1. The van der Waals surface area contributed by atoms with E-state index in [-0.39, 0.29) is 17.9 Å². The zero-order valence-electron chi connectivity index (χ0n) is 19.0. The first kappa shape index (κ1) is 22.9. The number of nitrogens with one attached hydrogen (secondary N) is 3. The number of aromatic amines is 1. The number of H-pyrrole nitrogens is 1. The third-order valence-corrected chi connectivity index (χ3v) is 5.98. The maximum Gasteiger partial charge on any atom is 0.255 e. The lowest BCUT2D eigenvalue weighted by Gasteiger charge is -2.20. The molecule has 4 rings (SSSR count). The number of pyridine rings is 1. The van der Waals surface area contributed by atoms with Gasteiger partial charge in [0.25, 0.3) is 5.91 Å². The molecule has 2 atom stereocenters. The first-order chi connectivity index (χ1) is 15.9. The molecule has 174 valence electrons. The fraction of sp³-hybridized carbons (Fsp3) is 0.333. The van der Waals surface area contributed by atoms with Crippen LogP contribution in [0.3, 0.4) is 0 Å². The number of fused-ring (bicyclic) bond motifs is 1. The van der Waals surface area contributed by atoms with Gasteiger partial charge in [-0.15, -0.1) is 0 Å². The van der Waals surface area contributed by atoms with Crippen LogP contribution in [-0.2, 0) is 4.74 Å². The fourth-order valence-electron chi connectivity index (χ4n) is 3.81. The summed E-state index contributed by atoms with van der Waals surface area (Å²) in [5, 5.41) is 6.82. The zero-order chi connectivity index (χ0) is 23.5. The minimum absolute atomic E-state index is 0.0889. The second-order valence-corrected chi connectivity index (χ2v) is 8.36. The van der Waals surface area contributed by atoms with Crippen molar-refractivity contribution in [1.29, 1.82) is 0 Å². The predicted molar refractivity (Wildman–Crippen MR) is 128 cm³/mol. The summed E-state index contributed by atoms with van der Waals surface area (Å²) < 4.78 is 16.8. The fourth-order valence-corrected chi connectivity index (χ4v) is 4.07. The number of anilines is 2. The summed E-state index contributed by atoms with van der Waals surface area (Å²) in [6.45, 7) is 4.90. The van der Waals surface area contributed by atoms with Crippen LogP contribution in [0.4, 0.5) is 11.4 Å². The number of hydrogen-bond donors (Lipinski definition) is 3. The summed E-state index contributed by atoms with van der Waals surface area (Å²) in [5.41, 5.74) is 4.15. The van der Waals surface area contributed by atoms with Crippen LogP contribution in [-0.4, -0.2) is 49.4 Å². The molecule has 3 heterocycles. The number of carbonyl (C=O) groups excluding carboxylic acids is 1. The Balaban J connectivity index is 1.86. The van der Waals surface area contributed by atoms with Crippen molar-refractivity contribution < 1.29 is 19.0 Å². The molecule has 0 fully saturated rings. The molecule has 0 bridgehead atoms. The number of hydrogen-bond acceptors (Lipinski definition) is 6. The monoisotopic (exact) mass is 470 g/mol. The predicted octanol–water partition coefficient (Wildman–Crippen LogP) is 4.74. The highest BCUT2D eigenvalue weighted by molar-refractivity contribution is 6.32. The van der Waals surface area contributed by atoms with Crippen molar-refractivity contribution in [3.05, 3.63) is 52.9 Å². The number of benzene rings is 1. The van der Waals surface area contributed by atoms with E-state index in [0.717, 1.165) is 11.3 Å². The Bertz CT molecular complexity index is 1160. The van der Waals surface area contributed by atoms with Gasteiger partial charge < -0.3 is 29.8 Å². The third-order valence-electron chi connectivity index (χ3n) is 5.68. The number of nitrogens with zero attached hydrogens (tertiary/aromatic N) is 1. The molecule has 2 aromatic heterocycles. The van der Waals surface area contributed by atoms with E-state index in [1.807, 2.05) is 25.1 Å². The van der Waals surface area contributed by atoms with Crippen molar-refractivity contribution in [2.45, 2.75) is 25.9 Å². The molecule has 1 amide bonds. The Morgan fingerprint density at radius 1 is 1.30 bits per heavy atom. The molecule has 1 aromatic carbocycles. The summed E-state index contributed by atoms with van der Waals surface area (Å²) in [5.74, 6) is 1.02. The second-order valence-electron chi connectivity index (χ2n) is 7.95. The molecule has 1 aliphatic heterocycles. The summed E-state index contributed by atoms with van der Waals surface area (Å²) in [6, 6.07) is 7.27. The van der Waals surface area contributed by atoms with Crippen molar-refractivity contribution in [1.82, 2.24) is 15.3 Å². The van der Waals surface area contributed by atoms with Gasteiger partial charge in [0.2, 0.25) is 0 Å². The minimum Gasteiger partial charge on any atom is -0.493 e. The molecule has 9 heteroatoms. The Kier molecular flexibility index (Phi) is 6.76. The van der Waals surface area contributed by atoms with Crippen LogP contribution in [0.25, 0.3) is 11.3 Å². The largest absolute Gasteiger partial charge is 0.493 e. The van der Waals surface area contributed by atoms with Crippen LogP contribution >= 0.6 is 11.6 Å². The standard InChI is InChI=1S/C24H27ClN4O4/c1-13-10-27-24(30)19-20(13)29-21(15-8-9-26-11-18(15)33-12-14(2)31-3)22(19)28-17-7-5-6-16(25)23(17)32-4/h5-9,11,13-14,28-29H,10,12H2,1-4H3,(H,27,30)/t13-,14-/m0/s1. The molecule has 0 aliphatic carbocycles. The van der Waals surface area contributed by atoms with E-state index in [1.165, 1.54) is 0 Å². The number of para-hydroxylation sites is 1. The summed E-state index contributed by atoms with van der Waals surface area (Å²) >= 11 is 6.34. The second kappa shape index (κ2) is 9.72. The van der Waals surface area contributed by atoms with Crippen LogP contribution in [0.1, 0.15) is 35.8 Å². The molecule has 0 spiro atoms. The lowest BCUT2D eigenvalue weighted by atomic mass is 9.98. The first-order valence-electron chi connectivity index (χ1n) is 10.7. The average molecular weight is 471 g/mol. The average Bonchev–Trinajstić information content (AvgIpc) is 3.20. The van der Waals surface area contributed by atoms with Crippen LogP contribution < -0.4 is 20.1 Å². The molecule has 1 aliphatic rings. The van der Waals surface area contributed by atoms with Gasteiger partial charge in [-0.3, -0.25) is 9.78 Å². The SMILES string of the molecule is COc1c(Cl)cccc1Nc1c(-c2ccncc2OC[C@H](C)OC)[nH]c2c1C(=O)NC[C@@H]2C. The van der Waals surface area contributed by atoms with Crippen LogP contribution in [0.5, 0.6) is 11.5 Å². The van der Waals surface area contributed by atoms with E-state index in [4.69, 9.17) is 25.8 Å². The van der Waals surface area contributed by atoms with Gasteiger partial charge in [0.05, 0.1) is 47.1 Å². The summed E-state index contributed by atoms with van der Waals surface area (Å²) in [4.78, 5) is 20.7. The van der Waals surface area contributed by atoms with Crippen LogP contribution in [0.2, 0.25) is 5.02 Å². The maximum atomic E-state index is 13.0. The molecular formula is C24H27ClN4O4. The summed E-state index contributed by atoms with van der Waals surface area (Å²) in [7, 11) is 3.19. The van der Waals surface area contributed by atoms with E-state index in [0.29, 0.717) is 52.3 Å². The van der Waals surface area contributed by atoms with E-state index in [9.17, 15) is 4.79 Å². The van der Waals surface area contributed by atoms with Gasteiger partial charge in [-0.05, 0) is 25.1 Å². The highest BCUT2D eigenvalue weighted by Gasteiger charge is 2.32. The van der Waals surface area contributed by atoms with Gasteiger partial charge in [0, 0.05) is 37.0 Å². The number of rotatable bonds is 8. The first-order valence-corrected chi connectivity index (χ1v) is 11.1. The Hall–Kier alpha value is -3.23. The number of halogens is 1. The Morgan fingerprint density at radius 2 is 2.12 bits per heavy atom. The van der Waals surface area contributed by atoms with Gasteiger partial charge >= 0.3 is 0 Å². The van der Waals surface area contributed by atoms with E-state index < -0.39 is 0 Å². The number of ether oxygens (including phenoxy) is 3. The van der Waals surface area contributed by atoms with Gasteiger partial charge in [0.1, 0.15) is 12.4 Å². The van der Waals surface area contributed by atoms with Gasteiger partial charge in [-0.25, -0.2) is 0 Å². The van der Waals surface area contributed by atoms with Gasteiger partial charge in [-0.2, -0.15) is 0 Å². The van der Waals surface area contributed by atoms with E-state index >= 15 is 0 Å². The van der Waals surface area contributed by atoms with Crippen molar-refractivity contribution >= 4 is 28.9 Å². The molecule has 0 radical (unpaired) electrons. The molecule has 3 N–H and O–H groups in total. The molecule has 0 unspecified atom stereocenters. The zero-order valence-corrected chi connectivity index (χ0v) is 19.7. The normalized spacial score (nSPS) is 16.0. The third kappa shape index (κ3) is 4.49. The Labute approximate surface area is 197 Å². The lowest BCUT2D eigenvalue weighted by molar-refractivity contribution is 0.0717. The van der Waals surface area contributed by atoms with Crippen LogP contribution in [0, 0.1) is 0 Å². The van der Waals surface area contributed by atoms with E-state index in [2.05, 4.69) is 27.5 Å². The molecule has 0 saturated heterocycles. The maximum absolute atomic E-state index is 13.0. The molecule has 33 heavy (non-hydrogen) atoms. The minimum atomic E-state index is -0.154. The van der Waals surface area contributed by atoms with Gasteiger partial charge in [0.15, 0.2) is 5.75 Å². The number of methoxy groups -OCH3 is 2. The van der Waals surface area contributed by atoms with Crippen molar-refractivity contribution in [2.75, 3.05) is 32.7 Å². The quantitative estimate of drug-likeness (QED) is 0.440. The van der Waals surface area contributed by atoms with E-state index in [1.54, 1.807) is 32.7 Å². The topological polar surface area (TPSA) is 97.5 Å². The number of aromatic nitrogens is 2.